The third kappa shape index (κ3) is 4.92. The third-order valence-corrected chi connectivity index (χ3v) is 4.04. The van der Waals surface area contributed by atoms with E-state index in [1.165, 1.54) is 25.3 Å². The van der Waals surface area contributed by atoms with Gasteiger partial charge in [0.25, 0.3) is 5.91 Å². The second-order valence-corrected chi connectivity index (χ2v) is 6.19. The number of amides is 1. The Morgan fingerprint density at radius 1 is 1.27 bits per heavy atom. The van der Waals surface area contributed by atoms with Gasteiger partial charge in [0.2, 0.25) is 0 Å². The molecule has 1 unspecified atom stereocenters. The number of anilines is 2. The Hall–Kier alpha value is -2.67. The first-order chi connectivity index (χ1) is 12.3. The largest absolute Gasteiger partial charge is 0.465 e. The fourth-order valence-electron chi connectivity index (χ4n) is 2.16. The standard InChI is InChI=1S/C18H21ClN4O3/c1-5-10(2)20-16-9-15(21-11(3)22-16)17(24)23-14-8-12(18(25)26-4)6-7-13(14)19/h6-10H,5H2,1-4H3,(H,23,24)(H,20,21,22). The van der Waals surface area contributed by atoms with Gasteiger partial charge >= 0.3 is 5.97 Å². The van der Waals surface area contributed by atoms with Crippen LogP contribution in [0.2, 0.25) is 5.02 Å². The molecule has 0 spiro atoms. The highest BCUT2D eigenvalue weighted by molar-refractivity contribution is 6.34. The summed E-state index contributed by atoms with van der Waals surface area (Å²) in [4.78, 5) is 32.7. The van der Waals surface area contributed by atoms with Gasteiger partial charge in [-0.1, -0.05) is 18.5 Å². The van der Waals surface area contributed by atoms with Crippen molar-refractivity contribution >= 4 is 35.0 Å². The van der Waals surface area contributed by atoms with Gasteiger partial charge < -0.3 is 15.4 Å². The zero-order valence-corrected chi connectivity index (χ0v) is 15.8. The van der Waals surface area contributed by atoms with Crippen molar-refractivity contribution in [3.05, 3.63) is 46.4 Å². The number of hydrogen-bond acceptors (Lipinski definition) is 6. The number of rotatable bonds is 6. The number of aryl methyl sites for hydroxylation is 1. The highest BCUT2D eigenvalue weighted by Gasteiger charge is 2.15. The maximum absolute atomic E-state index is 12.6. The van der Waals surface area contributed by atoms with Crippen LogP contribution in [0.4, 0.5) is 11.5 Å². The molecule has 0 radical (unpaired) electrons. The minimum absolute atomic E-state index is 0.197. The quantitative estimate of drug-likeness (QED) is 0.747. The van der Waals surface area contributed by atoms with Crippen molar-refractivity contribution in [1.82, 2.24) is 9.97 Å². The van der Waals surface area contributed by atoms with Crippen molar-refractivity contribution in [2.24, 2.45) is 0 Å². The Bertz CT molecular complexity index is 826. The summed E-state index contributed by atoms with van der Waals surface area (Å²) >= 11 is 6.11. The van der Waals surface area contributed by atoms with Crippen LogP contribution < -0.4 is 10.6 Å². The number of carbonyl (C=O) groups is 2. The lowest BCUT2D eigenvalue weighted by atomic mass is 10.2. The molecule has 1 aromatic heterocycles. The van der Waals surface area contributed by atoms with Gasteiger partial charge in [-0.3, -0.25) is 4.79 Å². The molecule has 0 saturated carbocycles. The second-order valence-electron chi connectivity index (χ2n) is 5.78. The highest BCUT2D eigenvalue weighted by atomic mass is 35.5. The van der Waals surface area contributed by atoms with E-state index < -0.39 is 11.9 Å². The molecule has 0 aliphatic carbocycles. The molecule has 2 rings (SSSR count). The zero-order chi connectivity index (χ0) is 19.3. The lowest BCUT2D eigenvalue weighted by Crippen LogP contribution is -2.19. The summed E-state index contributed by atoms with van der Waals surface area (Å²) in [5.41, 5.74) is 0.778. The van der Waals surface area contributed by atoms with Gasteiger partial charge in [-0.15, -0.1) is 0 Å². The second kappa shape index (κ2) is 8.62. The minimum atomic E-state index is -0.518. The first-order valence-corrected chi connectivity index (χ1v) is 8.53. The Labute approximate surface area is 157 Å². The van der Waals surface area contributed by atoms with Crippen LogP contribution in [-0.2, 0) is 4.74 Å². The molecule has 8 heteroatoms. The lowest BCUT2D eigenvalue weighted by Gasteiger charge is -2.14. The summed E-state index contributed by atoms with van der Waals surface area (Å²) < 4.78 is 4.68. The number of ether oxygens (including phenoxy) is 1. The van der Waals surface area contributed by atoms with Crippen LogP contribution in [0.1, 0.15) is 46.9 Å². The van der Waals surface area contributed by atoms with Gasteiger partial charge in [0, 0.05) is 12.1 Å². The predicted octanol–water partition coefficient (Wildman–Crippen LogP) is 3.69. The smallest absolute Gasteiger partial charge is 0.337 e. The summed E-state index contributed by atoms with van der Waals surface area (Å²) in [6, 6.07) is 6.29. The van der Waals surface area contributed by atoms with Crippen molar-refractivity contribution in [3.63, 3.8) is 0 Å². The van der Waals surface area contributed by atoms with Crippen LogP contribution >= 0.6 is 11.6 Å². The van der Waals surface area contributed by atoms with Crippen molar-refractivity contribution in [2.75, 3.05) is 17.7 Å². The number of nitrogens with one attached hydrogen (secondary N) is 2. The number of benzene rings is 1. The average molecular weight is 377 g/mol. The van der Waals surface area contributed by atoms with Crippen LogP contribution in [0.3, 0.4) is 0 Å². The predicted molar refractivity (Wildman–Crippen MR) is 101 cm³/mol. The maximum atomic E-state index is 12.6. The molecule has 2 aromatic rings. The normalized spacial score (nSPS) is 11.6. The Balaban J connectivity index is 2.26. The monoisotopic (exact) mass is 376 g/mol. The fraction of sp³-hybridized carbons (Fsp3) is 0.333. The van der Waals surface area contributed by atoms with E-state index in [-0.39, 0.29) is 17.3 Å². The number of carbonyl (C=O) groups excluding carboxylic acids is 2. The van der Waals surface area contributed by atoms with Crippen molar-refractivity contribution in [3.8, 4) is 0 Å². The molecule has 0 aliphatic rings. The molecule has 1 amide bonds. The molecule has 2 N–H and O–H groups in total. The molecule has 1 heterocycles. The molecule has 0 saturated heterocycles. The first kappa shape index (κ1) is 19.7. The number of hydrogen-bond donors (Lipinski definition) is 2. The van der Waals surface area contributed by atoms with E-state index in [2.05, 4.69) is 32.3 Å². The van der Waals surface area contributed by atoms with E-state index in [9.17, 15) is 9.59 Å². The lowest BCUT2D eigenvalue weighted by molar-refractivity contribution is 0.0600. The molecule has 0 fully saturated rings. The summed E-state index contributed by atoms with van der Waals surface area (Å²) in [7, 11) is 1.28. The van der Waals surface area contributed by atoms with Crippen molar-refractivity contribution in [1.29, 1.82) is 0 Å². The van der Waals surface area contributed by atoms with Crippen LogP contribution in [0, 0.1) is 6.92 Å². The molecule has 1 atom stereocenters. The van der Waals surface area contributed by atoms with Crippen LogP contribution in [0.5, 0.6) is 0 Å². The molecular formula is C18H21ClN4O3. The molecule has 26 heavy (non-hydrogen) atoms. The van der Waals surface area contributed by atoms with Crippen LogP contribution in [0.15, 0.2) is 24.3 Å². The third-order valence-electron chi connectivity index (χ3n) is 3.71. The molecule has 138 valence electrons. The molecule has 0 aliphatic heterocycles. The first-order valence-electron chi connectivity index (χ1n) is 8.15. The van der Waals surface area contributed by atoms with Gasteiger partial charge in [0.05, 0.1) is 23.4 Å². The summed E-state index contributed by atoms with van der Waals surface area (Å²) in [5.74, 6) is 0.0750. The van der Waals surface area contributed by atoms with E-state index in [1.54, 1.807) is 13.0 Å². The minimum Gasteiger partial charge on any atom is -0.465 e. The van der Waals surface area contributed by atoms with Gasteiger partial charge in [0.1, 0.15) is 17.3 Å². The maximum Gasteiger partial charge on any atom is 0.337 e. The average Bonchev–Trinajstić information content (AvgIpc) is 2.62. The zero-order valence-electron chi connectivity index (χ0n) is 15.1. The van der Waals surface area contributed by atoms with E-state index in [1.807, 2.05) is 6.92 Å². The van der Waals surface area contributed by atoms with Gasteiger partial charge in [-0.05, 0) is 38.5 Å². The molecular weight excluding hydrogens is 356 g/mol. The highest BCUT2D eigenvalue weighted by Crippen LogP contribution is 2.24. The Morgan fingerprint density at radius 2 is 2.00 bits per heavy atom. The summed E-state index contributed by atoms with van der Waals surface area (Å²) in [6.45, 7) is 5.79. The number of halogens is 1. The van der Waals surface area contributed by atoms with E-state index in [4.69, 9.17) is 11.6 Å². The number of esters is 1. The number of methoxy groups -OCH3 is 1. The summed E-state index contributed by atoms with van der Waals surface area (Å²) in [6.07, 6.45) is 0.917. The van der Waals surface area contributed by atoms with Crippen molar-refractivity contribution < 1.29 is 14.3 Å². The Kier molecular flexibility index (Phi) is 6.52. The number of aromatic nitrogens is 2. The Morgan fingerprint density at radius 3 is 2.65 bits per heavy atom. The molecule has 0 bridgehead atoms. The van der Waals surface area contributed by atoms with Gasteiger partial charge in [-0.2, -0.15) is 0 Å². The molecule has 7 nitrogen and oxygen atoms in total. The molecule has 1 aromatic carbocycles. The van der Waals surface area contributed by atoms with E-state index in [0.717, 1.165) is 6.42 Å². The van der Waals surface area contributed by atoms with E-state index in [0.29, 0.717) is 22.4 Å². The number of nitrogens with zero attached hydrogens (tertiary/aromatic N) is 2. The summed E-state index contributed by atoms with van der Waals surface area (Å²) in [5, 5.41) is 6.19. The topological polar surface area (TPSA) is 93.2 Å². The van der Waals surface area contributed by atoms with Crippen molar-refractivity contribution in [2.45, 2.75) is 33.2 Å². The fourth-order valence-corrected chi connectivity index (χ4v) is 2.33. The SMILES string of the molecule is CCC(C)Nc1cc(C(=O)Nc2cc(C(=O)OC)ccc2Cl)nc(C)n1. The van der Waals surface area contributed by atoms with E-state index >= 15 is 0 Å². The van der Waals surface area contributed by atoms with Crippen LogP contribution in [0.25, 0.3) is 0 Å². The van der Waals surface area contributed by atoms with Gasteiger partial charge in [0.15, 0.2) is 0 Å². The van der Waals surface area contributed by atoms with Crippen LogP contribution in [-0.4, -0.2) is 35.0 Å². The van der Waals surface area contributed by atoms with Gasteiger partial charge in [-0.25, -0.2) is 14.8 Å².